The highest BCUT2D eigenvalue weighted by Gasteiger charge is 2.22. The van der Waals surface area contributed by atoms with Crippen molar-refractivity contribution in [2.75, 3.05) is 6.54 Å². The van der Waals surface area contributed by atoms with E-state index in [0.29, 0.717) is 18.5 Å². The quantitative estimate of drug-likeness (QED) is 0.636. The average molecular weight is 170 g/mol. The van der Waals surface area contributed by atoms with Crippen molar-refractivity contribution >= 4 is 5.91 Å². The van der Waals surface area contributed by atoms with E-state index in [-0.39, 0.29) is 5.91 Å². The molecule has 0 heterocycles. The van der Waals surface area contributed by atoms with E-state index in [2.05, 4.69) is 24.5 Å². The van der Waals surface area contributed by atoms with Gasteiger partial charge in [-0.2, -0.15) is 0 Å². The molecule has 0 aromatic rings. The second kappa shape index (κ2) is 4.45. The Morgan fingerprint density at radius 2 is 2.17 bits per heavy atom. The predicted octanol–water partition coefficient (Wildman–Crippen LogP) is 0.653. The number of amides is 1. The SMILES string of the molecule is CC(C)NCCC(=O)NC1CC1. The molecule has 1 fully saturated rings. The minimum Gasteiger partial charge on any atom is -0.353 e. The largest absolute Gasteiger partial charge is 0.353 e. The summed E-state index contributed by atoms with van der Waals surface area (Å²) in [6.45, 7) is 4.95. The molecule has 0 spiro atoms. The van der Waals surface area contributed by atoms with Gasteiger partial charge in [-0.3, -0.25) is 4.79 Å². The normalized spacial score (nSPS) is 16.6. The van der Waals surface area contributed by atoms with Crippen LogP contribution in [-0.2, 0) is 4.79 Å². The fraction of sp³-hybridized carbons (Fsp3) is 0.889. The van der Waals surface area contributed by atoms with Crippen LogP contribution < -0.4 is 10.6 Å². The first kappa shape index (κ1) is 9.52. The van der Waals surface area contributed by atoms with Crippen molar-refractivity contribution in [2.24, 2.45) is 0 Å². The van der Waals surface area contributed by atoms with E-state index in [4.69, 9.17) is 0 Å². The molecule has 1 saturated carbocycles. The smallest absolute Gasteiger partial charge is 0.221 e. The molecule has 0 bridgehead atoms. The summed E-state index contributed by atoms with van der Waals surface area (Å²) in [6.07, 6.45) is 2.95. The lowest BCUT2D eigenvalue weighted by atomic mass is 10.3. The van der Waals surface area contributed by atoms with Crippen LogP contribution in [0.15, 0.2) is 0 Å². The molecule has 0 aliphatic heterocycles. The highest BCUT2D eigenvalue weighted by Crippen LogP contribution is 2.18. The molecule has 3 nitrogen and oxygen atoms in total. The molecule has 0 atom stereocenters. The summed E-state index contributed by atoms with van der Waals surface area (Å²) in [5.41, 5.74) is 0. The topological polar surface area (TPSA) is 41.1 Å². The zero-order valence-corrected chi connectivity index (χ0v) is 7.89. The van der Waals surface area contributed by atoms with Crippen molar-refractivity contribution in [1.82, 2.24) is 10.6 Å². The molecule has 12 heavy (non-hydrogen) atoms. The zero-order valence-electron chi connectivity index (χ0n) is 7.89. The Morgan fingerprint density at radius 3 is 2.67 bits per heavy atom. The van der Waals surface area contributed by atoms with Crippen molar-refractivity contribution in [3.8, 4) is 0 Å². The summed E-state index contributed by atoms with van der Waals surface area (Å²) in [5, 5.41) is 6.16. The first-order chi connectivity index (χ1) is 5.68. The minimum atomic E-state index is 0.186. The number of hydrogen-bond acceptors (Lipinski definition) is 2. The van der Waals surface area contributed by atoms with E-state index in [0.717, 1.165) is 6.54 Å². The second-order valence-electron chi connectivity index (χ2n) is 3.70. The fourth-order valence-electron chi connectivity index (χ4n) is 1.00. The first-order valence-corrected chi connectivity index (χ1v) is 4.71. The van der Waals surface area contributed by atoms with Crippen LogP contribution in [0.25, 0.3) is 0 Å². The number of carbonyl (C=O) groups excluding carboxylic acids is 1. The molecule has 0 aromatic heterocycles. The lowest BCUT2D eigenvalue weighted by Gasteiger charge is -2.07. The summed E-state index contributed by atoms with van der Waals surface area (Å²) < 4.78 is 0. The van der Waals surface area contributed by atoms with Gasteiger partial charge in [-0.15, -0.1) is 0 Å². The van der Waals surface area contributed by atoms with Gasteiger partial charge in [0.1, 0.15) is 0 Å². The highest BCUT2D eigenvalue weighted by molar-refractivity contribution is 5.76. The lowest BCUT2D eigenvalue weighted by molar-refractivity contribution is -0.121. The Hall–Kier alpha value is -0.570. The van der Waals surface area contributed by atoms with Crippen molar-refractivity contribution in [2.45, 2.75) is 45.2 Å². The van der Waals surface area contributed by atoms with Crippen LogP contribution in [0.4, 0.5) is 0 Å². The van der Waals surface area contributed by atoms with Crippen LogP contribution in [0.3, 0.4) is 0 Å². The minimum absolute atomic E-state index is 0.186. The average Bonchev–Trinajstić information content (AvgIpc) is 2.70. The van der Waals surface area contributed by atoms with Crippen molar-refractivity contribution in [1.29, 1.82) is 0 Å². The number of hydrogen-bond donors (Lipinski definition) is 2. The predicted molar refractivity (Wildman–Crippen MR) is 48.9 cm³/mol. The first-order valence-electron chi connectivity index (χ1n) is 4.71. The molecule has 1 amide bonds. The van der Waals surface area contributed by atoms with E-state index < -0.39 is 0 Å². The lowest BCUT2D eigenvalue weighted by Crippen LogP contribution is -2.31. The van der Waals surface area contributed by atoms with Gasteiger partial charge in [0.15, 0.2) is 0 Å². The summed E-state index contributed by atoms with van der Waals surface area (Å²) in [5.74, 6) is 0.186. The molecule has 3 heteroatoms. The summed E-state index contributed by atoms with van der Waals surface area (Å²) in [6, 6.07) is 0.968. The van der Waals surface area contributed by atoms with E-state index in [9.17, 15) is 4.79 Å². The maximum atomic E-state index is 11.1. The van der Waals surface area contributed by atoms with Crippen molar-refractivity contribution in [3.05, 3.63) is 0 Å². The Labute approximate surface area is 73.9 Å². The molecule has 70 valence electrons. The van der Waals surface area contributed by atoms with Crippen LogP contribution >= 0.6 is 0 Å². The van der Waals surface area contributed by atoms with Gasteiger partial charge in [-0.1, -0.05) is 13.8 Å². The third-order valence-corrected chi connectivity index (χ3v) is 1.85. The van der Waals surface area contributed by atoms with Crippen molar-refractivity contribution < 1.29 is 4.79 Å². The van der Waals surface area contributed by atoms with Gasteiger partial charge in [-0.25, -0.2) is 0 Å². The van der Waals surface area contributed by atoms with E-state index in [1.54, 1.807) is 0 Å². The zero-order chi connectivity index (χ0) is 8.97. The van der Waals surface area contributed by atoms with Crippen molar-refractivity contribution in [3.63, 3.8) is 0 Å². The van der Waals surface area contributed by atoms with Gasteiger partial charge in [0.2, 0.25) is 5.91 Å². The molecule has 1 rings (SSSR count). The second-order valence-corrected chi connectivity index (χ2v) is 3.70. The van der Waals surface area contributed by atoms with E-state index >= 15 is 0 Å². The molecule has 0 radical (unpaired) electrons. The molecule has 1 aliphatic carbocycles. The van der Waals surface area contributed by atoms with Gasteiger partial charge in [0.25, 0.3) is 0 Å². The summed E-state index contributed by atoms with van der Waals surface area (Å²) in [4.78, 5) is 11.1. The molecule has 2 N–H and O–H groups in total. The molecular formula is C9H18N2O. The number of nitrogens with one attached hydrogen (secondary N) is 2. The maximum absolute atomic E-state index is 11.1. The van der Waals surface area contributed by atoms with Gasteiger partial charge in [0, 0.05) is 25.0 Å². The van der Waals surface area contributed by atoms with E-state index in [1.807, 2.05) is 0 Å². The fourth-order valence-corrected chi connectivity index (χ4v) is 1.00. The summed E-state index contributed by atoms with van der Waals surface area (Å²) in [7, 11) is 0. The van der Waals surface area contributed by atoms with Crippen LogP contribution in [0.2, 0.25) is 0 Å². The van der Waals surface area contributed by atoms with E-state index in [1.165, 1.54) is 12.8 Å². The number of rotatable bonds is 5. The standard InChI is InChI=1S/C9H18N2O/c1-7(2)10-6-5-9(12)11-8-3-4-8/h7-8,10H,3-6H2,1-2H3,(H,11,12). The Bertz CT molecular complexity index is 153. The van der Waals surface area contributed by atoms with Crippen LogP contribution in [0, 0.1) is 0 Å². The molecule has 0 saturated heterocycles. The maximum Gasteiger partial charge on any atom is 0.221 e. The van der Waals surface area contributed by atoms with Gasteiger partial charge < -0.3 is 10.6 Å². The van der Waals surface area contributed by atoms with Crippen LogP contribution in [0.1, 0.15) is 33.1 Å². The van der Waals surface area contributed by atoms with Crippen LogP contribution in [-0.4, -0.2) is 24.5 Å². The van der Waals surface area contributed by atoms with Gasteiger partial charge in [-0.05, 0) is 12.8 Å². The summed E-state index contributed by atoms with van der Waals surface area (Å²) >= 11 is 0. The highest BCUT2D eigenvalue weighted by atomic mass is 16.1. The Kier molecular flexibility index (Phi) is 3.53. The van der Waals surface area contributed by atoms with Crippen LogP contribution in [0.5, 0.6) is 0 Å². The Morgan fingerprint density at radius 1 is 1.50 bits per heavy atom. The third-order valence-electron chi connectivity index (χ3n) is 1.85. The Balaban J connectivity index is 1.94. The third kappa shape index (κ3) is 4.34. The number of carbonyl (C=O) groups is 1. The molecule has 0 unspecified atom stereocenters. The van der Waals surface area contributed by atoms with Gasteiger partial charge in [0.05, 0.1) is 0 Å². The molecular weight excluding hydrogens is 152 g/mol. The molecule has 1 aliphatic rings. The monoisotopic (exact) mass is 170 g/mol. The molecule has 0 aromatic carbocycles. The van der Waals surface area contributed by atoms with Gasteiger partial charge >= 0.3 is 0 Å².